The molecule has 0 radical (unpaired) electrons. The highest BCUT2D eigenvalue weighted by molar-refractivity contribution is 5.97. The first-order valence-electron chi connectivity index (χ1n) is 8.11. The lowest BCUT2D eigenvalue weighted by molar-refractivity contribution is -0.120. The van der Waals surface area contributed by atoms with Crippen LogP contribution in [0.3, 0.4) is 0 Å². The van der Waals surface area contributed by atoms with E-state index in [4.69, 9.17) is 0 Å². The van der Waals surface area contributed by atoms with Crippen LogP contribution in [0.5, 0.6) is 0 Å². The van der Waals surface area contributed by atoms with Gasteiger partial charge in [-0.3, -0.25) is 4.79 Å². The second-order valence-electron chi connectivity index (χ2n) is 6.09. The summed E-state index contributed by atoms with van der Waals surface area (Å²) in [7, 11) is 0. The Bertz CT molecular complexity index is 282. The van der Waals surface area contributed by atoms with Gasteiger partial charge in [0, 0.05) is 5.92 Å². The van der Waals surface area contributed by atoms with E-state index in [-0.39, 0.29) is 0 Å². The highest BCUT2D eigenvalue weighted by Crippen LogP contribution is 2.28. The molecule has 0 unspecified atom stereocenters. The number of hydrogen-bond donors (Lipinski definition) is 0. The van der Waals surface area contributed by atoms with Gasteiger partial charge in [-0.2, -0.15) is 0 Å². The number of hydrogen-bond acceptors (Lipinski definition) is 1. The van der Waals surface area contributed by atoms with Crippen LogP contribution in [0.1, 0.15) is 83.5 Å². The van der Waals surface area contributed by atoms with E-state index < -0.39 is 0 Å². The Morgan fingerprint density at radius 2 is 1.44 bits per heavy atom. The molecule has 0 spiro atoms. The van der Waals surface area contributed by atoms with Crippen LogP contribution in [0.2, 0.25) is 0 Å². The van der Waals surface area contributed by atoms with Crippen LogP contribution in [0.25, 0.3) is 0 Å². The summed E-state index contributed by atoms with van der Waals surface area (Å²) in [5.41, 5.74) is 1.18. The molecule has 2 aliphatic rings. The Balaban J connectivity index is 1.94. The predicted molar refractivity (Wildman–Crippen MR) is 76.6 cm³/mol. The van der Waals surface area contributed by atoms with Crippen molar-refractivity contribution in [1.82, 2.24) is 0 Å². The third-order valence-corrected chi connectivity index (χ3v) is 4.58. The summed E-state index contributed by atoms with van der Waals surface area (Å²) in [5, 5.41) is 0. The van der Waals surface area contributed by atoms with E-state index in [1.807, 2.05) is 0 Å². The summed E-state index contributed by atoms with van der Waals surface area (Å²) in [5.74, 6) is 0.870. The van der Waals surface area contributed by atoms with Gasteiger partial charge in [-0.1, -0.05) is 51.0 Å². The summed E-state index contributed by atoms with van der Waals surface area (Å²) in [6, 6.07) is 0. The van der Waals surface area contributed by atoms with E-state index in [1.54, 1.807) is 0 Å². The molecule has 0 aliphatic heterocycles. The van der Waals surface area contributed by atoms with Crippen molar-refractivity contribution in [3.63, 3.8) is 0 Å². The molecule has 2 aliphatic carbocycles. The lowest BCUT2D eigenvalue weighted by atomic mass is 9.83. The van der Waals surface area contributed by atoms with Gasteiger partial charge >= 0.3 is 0 Å². The summed E-state index contributed by atoms with van der Waals surface area (Å²) in [6.45, 7) is 0. The normalized spacial score (nSPS) is 24.3. The van der Waals surface area contributed by atoms with Crippen LogP contribution in [0.4, 0.5) is 0 Å². The Labute approximate surface area is 112 Å². The van der Waals surface area contributed by atoms with E-state index in [1.165, 1.54) is 63.4 Å². The van der Waals surface area contributed by atoms with Gasteiger partial charge in [-0.05, 0) is 44.1 Å². The fourth-order valence-electron chi connectivity index (χ4n) is 3.40. The van der Waals surface area contributed by atoms with Crippen molar-refractivity contribution in [1.29, 1.82) is 0 Å². The van der Waals surface area contributed by atoms with Crippen molar-refractivity contribution >= 4 is 5.78 Å². The SMILES string of the molecule is O=C(C1=CCCCCCC1)C1CCCCCCC1. The lowest BCUT2D eigenvalue weighted by Crippen LogP contribution is -2.18. The van der Waals surface area contributed by atoms with Crippen molar-refractivity contribution in [3.05, 3.63) is 11.6 Å². The average Bonchev–Trinajstić information content (AvgIpc) is 2.27. The highest BCUT2D eigenvalue weighted by Gasteiger charge is 2.22. The Kier molecular flexibility index (Phi) is 5.96. The quantitative estimate of drug-likeness (QED) is 0.656. The number of carbonyl (C=O) groups is 1. The first-order valence-corrected chi connectivity index (χ1v) is 8.11. The zero-order valence-electron chi connectivity index (χ0n) is 11.8. The third-order valence-electron chi connectivity index (χ3n) is 4.58. The van der Waals surface area contributed by atoms with Crippen LogP contribution >= 0.6 is 0 Å². The van der Waals surface area contributed by atoms with Crippen LogP contribution < -0.4 is 0 Å². The molecule has 1 fully saturated rings. The van der Waals surface area contributed by atoms with E-state index in [2.05, 4.69) is 6.08 Å². The number of carbonyl (C=O) groups excluding carboxylic acids is 1. The van der Waals surface area contributed by atoms with Gasteiger partial charge in [-0.15, -0.1) is 0 Å². The zero-order valence-corrected chi connectivity index (χ0v) is 11.8. The molecule has 0 aromatic rings. The van der Waals surface area contributed by atoms with Crippen LogP contribution in [0.15, 0.2) is 11.6 Å². The van der Waals surface area contributed by atoms with Gasteiger partial charge in [-0.25, -0.2) is 0 Å². The second-order valence-corrected chi connectivity index (χ2v) is 6.09. The van der Waals surface area contributed by atoms with E-state index in [9.17, 15) is 4.79 Å². The predicted octanol–water partition coefficient (Wildman–Crippen LogP) is 5.20. The number of allylic oxidation sites excluding steroid dienone is 2. The second kappa shape index (κ2) is 7.76. The van der Waals surface area contributed by atoms with E-state index in [0.29, 0.717) is 11.7 Å². The van der Waals surface area contributed by atoms with E-state index in [0.717, 1.165) is 25.7 Å². The third kappa shape index (κ3) is 4.26. The molecule has 0 aromatic heterocycles. The lowest BCUT2D eigenvalue weighted by Gasteiger charge is -2.20. The van der Waals surface area contributed by atoms with Gasteiger partial charge in [0.1, 0.15) is 0 Å². The van der Waals surface area contributed by atoms with Gasteiger partial charge in [0.15, 0.2) is 5.78 Å². The molecule has 0 saturated heterocycles. The molecule has 2 rings (SSSR count). The highest BCUT2D eigenvalue weighted by atomic mass is 16.1. The maximum absolute atomic E-state index is 12.6. The fraction of sp³-hybridized carbons (Fsp3) is 0.824. The number of rotatable bonds is 2. The minimum Gasteiger partial charge on any atom is -0.294 e. The Morgan fingerprint density at radius 1 is 0.833 bits per heavy atom. The molecule has 1 saturated carbocycles. The monoisotopic (exact) mass is 248 g/mol. The first kappa shape index (κ1) is 13.8. The van der Waals surface area contributed by atoms with Gasteiger partial charge in [0.2, 0.25) is 0 Å². The van der Waals surface area contributed by atoms with Gasteiger partial charge in [0.05, 0.1) is 0 Å². The largest absolute Gasteiger partial charge is 0.294 e. The Hall–Kier alpha value is -0.590. The summed E-state index contributed by atoms with van der Waals surface area (Å²) in [4.78, 5) is 12.6. The number of Topliss-reactive ketones (excluding diaryl/α,β-unsaturated/α-hetero) is 1. The molecule has 0 heterocycles. The topological polar surface area (TPSA) is 17.1 Å². The zero-order chi connectivity index (χ0) is 12.6. The molecule has 0 aromatic carbocycles. The van der Waals surface area contributed by atoms with Crippen LogP contribution in [0, 0.1) is 5.92 Å². The molecule has 18 heavy (non-hydrogen) atoms. The van der Waals surface area contributed by atoms with Gasteiger partial charge < -0.3 is 0 Å². The maximum atomic E-state index is 12.6. The average molecular weight is 248 g/mol. The fourth-order valence-corrected chi connectivity index (χ4v) is 3.40. The van der Waals surface area contributed by atoms with Crippen molar-refractivity contribution in [2.24, 2.45) is 5.92 Å². The smallest absolute Gasteiger partial charge is 0.161 e. The van der Waals surface area contributed by atoms with Crippen molar-refractivity contribution in [3.8, 4) is 0 Å². The van der Waals surface area contributed by atoms with Crippen molar-refractivity contribution in [2.45, 2.75) is 83.5 Å². The van der Waals surface area contributed by atoms with Crippen LogP contribution in [-0.4, -0.2) is 5.78 Å². The molecule has 102 valence electrons. The molecule has 0 bridgehead atoms. The molecule has 1 heteroatoms. The molecular formula is C17H28O. The summed E-state index contributed by atoms with van der Waals surface area (Å²) < 4.78 is 0. The molecule has 0 atom stereocenters. The van der Waals surface area contributed by atoms with Crippen molar-refractivity contribution < 1.29 is 4.79 Å². The Morgan fingerprint density at radius 3 is 2.22 bits per heavy atom. The molecular weight excluding hydrogens is 220 g/mol. The minimum atomic E-state index is 0.357. The molecule has 0 amide bonds. The number of ketones is 1. The maximum Gasteiger partial charge on any atom is 0.161 e. The van der Waals surface area contributed by atoms with Crippen molar-refractivity contribution in [2.75, 3.05) is 0 Å². The minimum absolute atomic E-state index is 0.357. The van der Waals surface area contributed by atoms with Crippen LogP contribution in [-0.2, 0) is 4.79 Å². The van der Waals surface area contributed by atoms with Gasteiger partial charge in [0.25, 0.3) is 0 Å². The summed E-state index contributed by atoms with van der Waals surface area (Å²) >= 11 is 0. The standard InChI is InChI=1S/C17H28O/c18-17(15-11-7-3-1-4-8-12-15)16-13-9-5-2-6-10-14-16/h11,16H,1-10,12-14H2. The summed E-state index contributed by atoms with van der Waals surface area (Å²) in [6.07, 6.45) is 18.5. The molecule has 0 N–H and O–H groups in total. The molecule has 1 nitrogen and oxygen atoms in total. The van der Waals surface area contributed by atoms with E-state index >= 15 is 0 Å². The first-order chi connectivity index (χ1) is 8.88.